The lowest BCUT2D eigenvalue weighted by molar-refractivity contribution is -0.137. The van der Waals surface area contributed by atoms with Crippen LogP contribution in [0.4, 0.5) is 13.2 Å². The highest BCUT2D eigenvalue weighted by atomic mass is 19.4. The van der Waals surface area contributed by atoms with Gasteiger partial charge in [-0.25, -0.2) is 4.98 Å². The van der Waals surface area contributed by atoms with E-state index in [9.17, 15) is 13.2 Å². The molecule has 0 atom stereocenters. The number of rotatable bonds is 2. The van der Waals surface area contributed by atoms with Gasteiger partial charge >= 0.3 is 6.18 Å². The molecular formula is C13H11F3N2O. The molecule has 0 unspecified atom stereocenters. The SMILES string of the molecule is COc1ccc(-c2cnc(C)cc2C(F)(F)F)cn1. The van der Waals surface area contributed by atoms with Gasteiger partial charge in [-0.15, -0.1) is 0 Å². The Bertz CT molecular complexity index is 579. The van der Waals surface area contributed by atoms with Gasteiger partial charge in [-0.3, -0.25) is 4.98 Å². The largest absolute Gasteiger partial charge is 0.481 e. The van der Waals surface area contributed by atoms with Crippen molar-refractivity contribution in [2.75, 3.05) is 7.11 Å². The first kappa shape index (κ1) is 13.3. The van der Waals surface area contributed by atoms with Crippen LogP contribution in [0.3, 0.4) is 0 Å². The lowest BCUT2D eigenvalue weighted by Crippen LogP contribution is -2.08. The molecule has 19 heavy (non-hydrogen) atoms. The average molecular weight is 268 g/mol. The molecule has 0 amide bonds. The molecule has 0 aliphatic rings. The van der Waals surface area contributed by atoms with Gasteiger partial charge in [0.25, 0.3) is 0 Å². The number of alkyl halides is 3. The highest BCUT2D eigenvalue weighted by Crippen LogP contribution is 2.36. The molecule has 0 fully saturated rings. The summed E-state index contributed by atoms with van der Waals surface area (Å²) in [7, 11) is 1.44. The smallest absolute Gasteiger partial charge is 0.417 e. The summed E-state index contributed by atoms with van der Waals surface area (Å²) in [4.78, 5) is 7.82. The Morgan fingerprint density at radius 2 is 1.84 bits per heavy atom. The molecule has 3 nitrogen and oxygen atoms in total. The summed E-state index contributed by atoms with van der Waals surface area (Å²) in [6.07, 6.45) is -1.88. The molecule has 0 aromatic carbocycles. The highest BCUT2D eigenvalue weighted by Gasteiger charge is 2.34. The Hall–Kier alpha value is -2.11. The van der Waals surface area contributed by atoms with Gasteiger partial charge in [-0.05, 0) is 19.1 Å². The second-order valence-electron chi connectivity index (χ2n) is 3.96. The van der Waals surface area contributed by atoms with Crippen LogP contribution in [0.25, 0.3) is 11.1 Å². The molecule has 2 aromatic heterocycles. The van der Waals surface area contributed by atoms with Gasteiger partial charge in [0.2, 0.25) is 5.88 Å². The maximum absolute atomic E-state index is 13.0. The third-order valence-corrected chi connectivity index (χ3v) is 2.60. The first-order valence-corrected chi connectivity index (χ1v) is 5.46. The van der Waals surface area contributed by atoms with Gasteiger partial charge in [0.15, 0.2) is 0 Å². The van der Waals surface area contributed by atoms with Crippen molar-refractivity contribution in [3.8, 4) is 17.0 Å². The summed E-state index contributed by atoms with van der Waals surface area (Å²) in [6, 6.07) is 4.06. The summed E-state index contributed by atoms with van der Waals surface area (Å²) in [6.45, 7) is 1.52. The molecule has 0 radical (unpaired) electrons. The van der Waals surface area contributed by atoms with Crippen LogP contribution < -0.4 is 4.74 Å². The van der Waals surface area contributed by atoms with E-state index in [1.54, 1.807) is 0 Å². The highest BCUT2D eigenvalue weighted by molar-refractivity contribution is 5.66. The van der Waals surface area contributed by atoms with Crippen molar-refractivity contribution < 1.29 is 17.9 Å². The minimum Gasteiger partial charge on any atom is -0.481 e. The van der Waals surface area contributed by atoms with Crippen LogP contribution in [0.2, 0.25) is 0 Å². The molecule has 2 aromatic rings. The van der Waals surface area contributed by atoms with Crippen LogP contribution in [0.5, 0.6) is 5.88 Å². The summed E-state index contributed by atoms with van der Waals surface area (Å²) in [5, 5.41) is 0. The number of aryl methyl sites for hydroxylation is 1. The number of hydrogen-bond donors (Lipinski definition) is 0. The Kier molecular flexibility index (Phi) is 3.42. The number of halogens is 3. The molecule has 100 valence electrons. The van der Waals surface area contributed by atoms with Crippen molar-refractivity contribution >= 4 is 0 Å². The molecule has 0 saturated heterocycles. The zero-order valence-electron chi connectivity index (χ0n) is 10.3. The van der Waals surface area contributed by atoms with Crippen LogP contribution in [0, 0.1) is 6.92 Å². The van der Waals surface area contributed by atoms with Gasteiger partial charge in [-0.2, -0.15) is 13.2 Å². The molecule has 0 saturated carbocycles. The van der Waals surface area contributed by atoms with E-state index in [2.05, 4.69) is 9.97 Å². The number of aromatic nitrogens is 2. The first-order valence-electron chi connectivity index (χ1n) is 5.46. The second-order valence-corrected chi connectivity index (χ2v) is 3.96. The fourth-order valence-corrected chi connectivity index (χ4v) is 1.68. The molecule has 0 aliphatic carbocycles. The normalized spacial score (nSPS) is 11.4. The van der Waals surface area contributed by atoms with Crippen LogP contribution in [-0.2, 0) is 6.18 Å². The third kappa shape index (κ3) is 2.83. The summed E-state index contributed by atoms with van der Waals surface area (Å²) < 4.78 is 43.8. The lowest BCUT2D eigenvalue weighted by Gasteiger charge is -2.13. The van der Waals surface area contributed by atoms with E-state index in [4.69, 9.17) is 4.74 Å². The Balaban J connectivity index is 2.54. The lowest BCUT2D eigenvalue weighted by atomic mass is 10.0. The zero-order valence-corrected chi connectivity index (χ0v) is 10.3. The van der Waals surface area contributed by atoms with Gasteiger partial charge in [0, 0.05) is 35.3 Å². The zero-order chi connectivity index (χ0) is 14.0. The molecule has 6 heteroatoms. The standard InChI is InChI=1S/C13H11F3N2O/c1-8-5-11(13(14,15)16)10(7-17-8)9-3-4-12(19-2)18-6-9/h3-7H,1-2H3. The van der Waals surface area contributed by atoms with Crippen LogP contribution in [0.15, 0.2) is 30.6 Å². The Labute approximate surface area is 108 Å². The molecule has 0 bridgehead atoms. The van der Waals surface area contributed by atoms with Gasteiger partial charge < -0.3 is 4.74 Å². The number of ether oxygens (including phenoxy) is 1. The molecule has 0 aliphatic heterocycles. The van der Waals surface area contributed by atoms with E-state index in [1.807, 2.05) is 0 Å². The van der Waals surface area contributed by atoms with Crippen molar-refractivity contribution in [3.05, 3.63) is 41.9 Å². The third-order valence-electron chi connectivity index (χ3n) is 2.60. The van der Waals surface area contributed by atoms with Crippen molar-refractivity contribution in [2.45, 2.75) is 13.1 Å². The molecule has 0 spiro atoms. The number of methoxy groups -OCH3 is 1. The Morgan fingerprint density at radius 3 is 2.37 bits per heavy atom. The minimum atomic E-state index is -4.43. The number of hydrogen-bond acceptors (Lipinski definition) is 3. The van der Waals surface area contributed by atoms with Crippen molar-refractivity contribution in [1.82, 2.24) is 9.97 Å². The quantitative estimate of drug-likeness (QED) is 0.836. The van der Waals surface area contributed by atoms with Gasteiger partial charge in [0.05, 0.1) is 12.7 Å². The van der Waals surface area contributed by atoms with Gasteiger partial charge in [-0.1, -0.05) is 0 Å². The number of nitrogens with zero attached hydrogens (tertiary/aromatic N) is 2. The van der Waals surface area contributed by atoms with E-state index < -0.39 is 11.7 Å². The maximum atomic E-state index is 13.0. The molecule has 2 rings (SSSR count). The number of pyridine rings is 2. The van der Waals surface area contributed by atoms with Crippen LogP contribution in [-0.4, -0.2) is 17.1 Å². The topological polar surface area (TPSA) is 35.0 Å². The summed E-state index contributed by atoms with van der Waals surface area (Å²) in [5.41, 5.74) is -0.0432. The fraction of sp³-hybridized carbons (Fsp3) is 0.231. The van der Waals surface area contributed by atoms with Crippen molar-refractivity contribution in [2.24, 2.45) is 0 Å². The molecule has 0 N–H and O–H groups in total. The van der Waals surface area contributed by atoms with E-state index in [-0.39, 0.29) is 5.56 Å². The molecule has 2 heterocycles. The minimum absolute atomic E-state index is 0.00764. The van der Waals surface area contributed by atoms with E-state index in [1.165, 1.54) is 38.6 Å². The van der Waals surface area contributed by atoms with E-state index >= 15 is 0 Å². The van der Waals surface area contributed by atoms with E-state index in [0.29, 0.717) is 17.1 Å². The maximum Gasteiger partial charge on any atom is 0.417 e. The fourth-order valence-electron chi connectivity index (χ4n) is 1.68. The predicted octanol–water partition coefficient (Wildman–Crippen LogP) is 3.48. The van der Waals surface area contributed by atoms with Crippen molar-refractivity contribution in [1.29, 1.82) is 0 Å². The van der Waals surface area contributed by atoms with Crippen molar-refractivity contribution in [3.63, 3.8) is 0 Å². The monoisotopic (exact) mass is 268 g/mol. The average Bonchev–Trinajstić information content (AvgIpc) is 2.38. The predicted molar refractivity (Wildman–Crippen MR) is 63.8 cm³/mol. The van der Waals surface area contributed by atoms with Crippen LogP contribution in [0.1, 0.15) is 11.3 Å². The summed E-state index contributed by atoms with van der Waals surface area (Å²) in [5.74, 6) is 0.345. The first-order chi connectivity index (χ1) is 8.91. The Morgan fingerprint density at radius 1 is 1.11 bits per heavy atom. The molecular weight excluding hydrogens is 257 g/mol. The van der Waals surface area contributed by atoms with Gasteiger partial charge in [0.1, 0.15) is 0 Å². The summed E-state index contributed by atoms with van der Waals surface area (Å²) >= 11 is 0. The van der Waals surface area contributed by atoms with Crippen LogP contribution >= 0.6 is 0 Å². The van der Waals surface area contributed by atoms with E-state index in [0.717, 1.165) is 6.07 Å². The second kappa shape index (κ2) is 4.87.